The topological polar surface area (TPSA) is 33.0 Å². The number of hydrogen-bond acceptors (Lipinski definition) is 2. The van der Waals surface area contributed by atoms with E-state index in [4.69, 9.17) is 10.00 Å². The normalized spacial score (nSPS) is 21.6. The number of nitriles is 1. The lowest BCUT2D eigenvalue weighted by Gasteiger charge is -2.37. The second kappa shape index (κ2) is 13.8. The molecule has 3 atom stereocenters. The molecule has 1 rings (SSSR count). The number of unbranched alkanes of at least 4 members (excludes halogenated alkanes) is 4. The summed E-state index contributed by atoms with van der Waals surface area (Å²) in [4.78, 5) is 0. The van der Waals surface area contributed by atoms with Gasteiger partial charge in [-0.2, -0.15) is 5.26 Å². The Labute approximate surface area is 145 Å². The lowest BCUT2D eigenvalue weighted by molar-refractivity contribution is 0.114. The molecule has 1 aliphatic rings. The second-order valence-corrected chi connectivity index (χ2v) is 7.43. The summed E-state index contributed by atoms with van der Waals surface area (Å²) in [5, 5.41) is 8.58. The molecule has 0 bridgehead atoms. The van der Waals surface area contributed by atoms with E-state index in [2.05, 4.69) is 19.9 Å². The predicted molar refractivity (Wildman–Crippen MR) is 98.3 cm³/mol. The summed E-state index contributed by atoms with van der Waals surface area (Å²) in [6.45, 7) is 6.21. The van der Waals surface area contributed by atoms with Gasteiger partial charge in [-0.05, 0) is 56.8 Å². The Kier molecular flexibility index (Phi) is 12.3. The van der Waals surface area contributed by atoms with Crippen LogP contribution in [-0.4, -0.2) is 13.2 Å². The van der Waals surface area contributed by atoms with Crippen molar-refractivity contribution in [2.45, 2.75) is 97.3 Å². The van der Waals surface area contributed by atoms with Gasteiger partial charge in [-0.15, -0.1) is 0 Å². The van der Waals surface area contributed by atoms with Crippen molar-refractivity contribution < 1.29 is 4.74 Å². The maximum Gasteiger partial charge on any atom is 0.0621 e. The van der Waals surface area contributed by atoms with E-state index >= 15 is 0 Å². The molecular weight excluding hydrogens is 282 g/mol. The van der Waals surface area contributed by atoms with Crippen LogP contribution in [0.4, 0.5) is 0 Å². The highest BCUT2D eigenvalue weighted by Crippen LogP contribution is 2.41. The quantitative estimate of drug-likeness (QED) is 0.322. The summed E-state index contributed by atoms with van der Waals surface area (Å²) < 4.78 is 5.59. The second-order valence-electron chi connectivity index (χ2n) is 7.43. The van der Waals surface area contributed by atoms with Crippen molar-refractivity contribution in [1.82, 2.24) is 0 Å². The molecule has 134 valence electrons. The molecule has 0 heterocycles. The summed E-state index contributed by atoms with van der Waals surface area (Å²) >= 11 is 0. The average molecular weight is 322 g/mol. The third kappa shape index (κ3) is 9.36. The molecule has 0 spiro atoms. The third-order valence-corrected chi connectivity index (χ3v) is 5.71. The van der Waals surface area contributed by atoms with E-state index < -0.39 is 0 Å². The first-order valence-electron chi connectivity index (χ1n) is 10.3. The van der Waals surface area contributed by atoms with Crippen LogP contribution in [0.25, 0.3) is 0 Å². The Morgan fingerprint density at radius 2 is 1.70 bits per heavy atom. The van der Waals surface area contributed by atoms with Crippen LogP contribution in [0, 0.1) is 29.1 Å². The van der Waals surface area contributed by atoms with Gasteiger partial charge in [-0.25, -0.2) is 0 Å². The van der Waals surface area contributed by atoms with Gasteiger partial charge >= 0.3 is 0 Å². The lowest BCUT2D eigenvalue weighted by atomic mass is 9.68. The predicted octanol–water partition coefficient (Wildman–Crippen LogP) is 6.50. The van der Waals surface area contributed by atoms with E-state index in [9.17, 15) is 0 Å². The van der Waals surface area contributed by atoms with Gasteiger partial charge in [0.15, 0.2) is 0 Å². The molecule has 2 unspecified atom stereocenters. The van der Waals surface area contributed by atoms with Crippen LogP contribution in [0.1, 0.15) is 97.3 Å². The van der Waals surface area contributed by atoms with Gasteiger partial charge in [-0.3, -0.25) is 0 Å². The highest BCUT2D eigenvalue weighted by Gasteiger charge is 2.29. The van der Waals surface area contributed by atoms with Gasteiger partial charge in [0.2, 0.25) is 0 Å². The number of ether oxygens (including phenoxy) is 1. The largest absolute Gasteiger partial charge is 0.382 e. The van der Waals surface area contributed by atoms with Gasteiger partial charge in [-0.1, -0.05) is 51.9 Å². The fourth-order valence-electron chi connectivity index (χ4n) is 4.04. The Bertz CT molecular complexity index is 309. The van der Waals surface area contributed by atoms with Crippen LogP contribution >= 0.6 is 0 Å². The first-order valence-corrected chi connectivity index (χ1v) is 10.3. The molecule has 0 amide bonds. The van der Waals surface area contributed by atoms with E-state index in [1.165, 1.54) is 70.6 Å². The molecule has 0 saturated heterocycles. The molecule has 1 aliphatic carbocycles. The van der Waals surface area contributed by atoms with Crippen molar-refractivity contribution in [3.63, 3.8) is 0 Å². The van der Waals surface area contributed by atoms with E-state index in [1.807, 2.05) is 0 Å². The minimum atomic E-state index is 0.730. The molecule has 0 aromatic carbocycles. The molecule has 2 nitrogen and oxygen atoms in total. The van der Waals surface area contributed by atoms with E-state index in [1.54, 1.807) is 0 Å². The average Bonchev–Trinajstić information content (AvgIpc) is 2.54. The monoisotopic (exact) mass is 321 g/mol. The smallest absolute Gasteiger partial charge is 0.0621 e. The number of nitrogens with zero attached hydrogens (tertiary/aromatic N) is 1. The van der Waals surface area contributed by atoms with Crippen molar-refractivity contribution in [2.24, 2.45) is 17.8 Å². The van der Waals surface area contributed by atoms with Gasteiger partial charge in [0.05, 0.1) is 6.07 Å². The van der Waals surface area contributed by atoms with Crippen molar-refractivity contribution in [1.29, 1.82) is 5.26 Å². The van der Waals surface area contributed by atoms with Gasteiger partial charge < -0.3 is 4.74 Å². The van der Waals surface area contributed by atoms with Crippen LogP contribution in [0.3, 0.4) is 0 Å². The van der Waals surface area contributed by atoms with Gasteiger partial charge in [0.25, 0.3) is 0 Å². The number of hydrogen-bond donors (Lipinski definition) is 0. The van der Waals surface area contributed by atoms with Gasteiger partial charge in [0.1, 0.15) is 0 Å². The van der Waals surface area contributed by atoms with Crippen molar-refractivity contribution >= 4 is 0 Å². The van der Waals surface area contributed by atoms with Crippen LogP contribution in [-0.2, 0) is 4.74 Å². The minimum Gasteiger partial charge on any atom is -0.382 e. The third-order valence-electron chi connectivity index (χ3n) is 5.71. The first-order chi connectivity index (χ1) is 11.3. The maximum atomic E-state index is 8.58. The maximum absolute atomic E-state index is 8.58. The van der Waals surface area contributed by atoms with Crippen molar-refractivity contribution in [2.75, 3.05) is 13.2 Å². The van der Waals surface area contributed by atoms with Crippen molar-refractivity contribution in [3.8, 4) is 6.07 Å². The number of rotatable bonds is 15. The minimum absolute atomic E-state index is 0.730. The Morgan fingerprint density at radius 1 is 0.957 bits per heavy atom. The molecule has 23 heavy (non-hydrogen) atoms. The summed E-state index contributed by atoms with van der Waals surface area (Å²) in [6.07, 6.45) is 16.9. The van der Waals surface area contributed by atoms with E-state index in [0.29, 0.717) is 0 Å². The zero-order chi connectivity index (χ0) is 16.8. The Balaban J connectivity index is 2.18. The van der Waals surface area contributed by atoms with Crippen LogP contribution in [0.5, 0.6) is 0 Å². The first kappa shape index (κ1) is 20.5. The molecule has 0 aromatic rings. The molecule has 0 aliphatic heterocycles. The molecule has 1 fully saturated rings. The Hall–Kier alpha value is -0.550. The molecule has 0 N–H and O–H groups in total. The summed E-state index contributed by atoms with van der Waals surface area (Å²) in [5.74, 6) is 2.93. The lowest BCUT2D eigenvalue weighted by Crippen LogP contribution is -2.26. The summed E-state index contributed by atoms with van der Waals surface area (Å²) in [5.41, 5.74) is 0. The van der Waals surface area contributed by atoms with Crippen LogP contribution < -0.4 is 0 Å². The fourth-order valence-corrected chi connectivity index (χ4v) is 4.04. The zero-order valence-corrected chi connectivity index (χ0v) is 15.7. The van der Waals surface area contributed by atoms with Crippen LogP contribution in [0.2, 0.25) is 0 Å². The summed E-state index contributed by atoms with van der Waals surface area (Å²) in [7, 11) is 0. The fraction of sp³-hybridized carbons (Fsp3) is 0.952. The zero-order valence-electron chi connectivity index (χ0n) is 15.7. The highest BCUT2D eigenvalue weighted by atomic mass is 16.5. The summed E-state index contributed by atoms with van der Waals surface area (Å²) in [6, 6.07) is 2.25. The molecule has 0 aromatic heterocycles. The standard InChI is InChI=1S/C21H39NO/c1-3-10-20-14-15-21(20)13-12-19(16-18-23-4-2)11-8-6-5-7-9-17-22/h19-21H,3-16,18H2,1-2H3/t19?,20-,21?/m1/s1. The van der Waals surface area contributed by atoms with E-state index in [0.717, 1.165) is 43.8 Å². The van der Waals surface area contributed by atoms with E-state index in [-0.39, 0.29) is 0 Å². The molecule has 0 radical (unpaired) electrons. The molecule has 1 saturated carbocycles. The SMILES string of the molecule is CCC[C@@H]1CCC1CCC(CCCCCCC#N)CCOCC. The Morgan fingerprint density at radius 3 is 2.35 bits per heavy atom. The highest BCUT2D eigenvalue weighted by molar-refractivity contribution is 4.81. The van der Waals surface area contributed by atoms with Gasteiger partial charge in [0, 0.05) is 19.6 Å². The van der Waals surface area contributed by atoms with Crippen LogP contribution in [0.15, 0.2) is 0 Å². The molecular formula is C21H39NO. The molecule has 2 heteroatoms. The van der Waals surface area contributed by atoms with Crippen molar-refractivity contribution in [3.05, 3.63) is 0 Å².